The first-order valence-corrected chi connectivity index (χ1v) is 6.28. The predicted octanol–water partition coefficient (Wildman–Crippen LogP) is 1.22. The third-order valence-corrected chi connectivity index (χ3v) is 2.75. The zero-order chi connectivity index (χ0) is 14.4. The molecule has 0 saturated heterocycles. The minimum atomic E-state index is -0.523. The van der Waals surface area contributed by atoms with Gasteiger partial charge in [0.2, 0.25) is 11.8 Å². The van der Waals surface area contributed by atoms with Crippen LogP contribution in [0.15, 0.2) is 12.3 Å². The van der Waals surface area contributed by atoms with Crippen molar-refractivity contribution in [3.8, 4) is 5.88 Å². The molecule has 3 N–H and O–H groups in total. The summed E-state index contributed by atoms with van der Waals surface area (Å²) in [6.07, 6.45) is 3.14. The summed E-state index contributed by atoms with van der Waals surface area (Å²) in [4.78, 5) is 18.0. The van der Waals surface area contributed by atoms with E-state index < -0.39 is 6.04 Å². The summed E-state index contributed by atoms with van der Waals surface area (Å²) in [5, 5.41) is 2.80. The van der Waals surface area contributed by atoms with E-state index in [1.807, 2.05) is 32.0 Å². The van der Waals surface area contributed by atoms with Gasteiger partial charge in [-0.05, 0) is 12.5 Å². The van der Waals surface area contributed by atoms with Crippen LogP contribution in [0, 0.1) is 0 Å². The molecule has 1 unspecified atom stereocenters. The molecule has 0 radical (unpaired) electrons. The first kappa shape index (κ1) is 15.2. The highest BCUT2D eigenvalue weighted by molar-refractivity contribution is 5.98. The van der Waals surface area contributed by atoms with Crippen LogP contribution in [-0.4, -0.2) is 38.1 Å². The second-order valence-corrected chi connectivity index (χ2v) is 4.49. The number of nitrogens with zero attached hydrogens (tertiary/aromatic N) is 2. The number of hydrogen-bond acceptors (Lipinski definition) is 5. The molecule has 0 aliphatic heterocycles. The molecule has 0 saturated carbocycles. The van der Waals surface area contributed by atoms with Gasteiger partial charge >= 0.3 is 0 Å². The molecule has 1 aromatic heterocycles. The van der Waals surface area contributed by atoms with E-state index in [1.54, 1.807) is 6.20 Å². The summed E-state index contributed by atoms with van der Waals surface area (Å²) in [6, 6.07) is 1.29. The first-order chi connectivity index (χ1) is 9.01. The number of nitrogens with one attached hydrogen (secondary N) is 1. The van der Waals surface area contributed by atoms with Crippen LogP contribution in [0.5, 0.6) is 5.88 Å². The van der Waals surface area contributed by atoms with Gasteiger partial charge in [-0.1, -0.05) is 13.3 Å². The number of rotatable bonds is 6. The number of pyridine rings is 1. The maximum atomic E-state index is 12.0. The molecule has 0 fully saturated rings. The number of carbonyl (C=O) groups is 1. The zero-order valence-corrected chi connectivity index (χ0v) is 11.9. The van der Waals surface area contributed by atoms with E-state index in [-0.39, 0.29) is 5.91 Å². The monoisotopic (exact) mass is 266 g/mol. The van der Waals surface area contributed by atoms with Gasteiger partial charge in [-0.15, -0.1) is 0 Å². The Balaban J connectivity index is 3.01. The van der Waals surface area contributed by atoms with Crippen LogP contribution < -0.4 is 20.7 Å². The van der Waals surface area contributed by atoms with Crippen molar-refractivity contribution >= 4 is 17.3 Å². The number of ether oxygens (including phenoxy) is 1. The van der Waals surface area contributed by atoms with Crippen molar-refractivity contribution in [3.05, 3.63) is 12.3 Å². The fourth-order valence-electron chi connectivity index (χ4n) is 1.74. The summed E-state index contributed by atoms with van der Waals surface area (Å²) in [6.45, 7) is 1.99. The highest BCUT2D eigenvalue weighted by Crippen LogP contribution is 2.32. The Morgan fingerprint density at radius 1 is 1.58 bits per heavy atom. The summed E-state index contributed by atoms with van der Waals surface area (Å²) in [7, 11) is 5.29. The average Bonchev–Trinajstić information content (AvgIpc) is 2.38. The molecule has 0 aliphatic carbocycles. The lowest BCUT2D eigenvalue weighted by molar-refractivity contribution is -0.117. The van der Waals surface area contributed by atoms with Crippen LogP contribution >= 0.6 is 0 Å². The SMILES string of the molecule is CCCC(N)C(=O)Nc1c(N(C)C)ccnc1OC. The predicted molar refractivity (Wildman–Crippen MR) is 76.6 cm³/mol. The molecule has 1 aromatic rings. The molecular weight excluding hydrogens is 244 g/mol. The smallest absolute Gasteiger partial charge is 0.241 e. The molecule has 1 amide bonds. The number of nitrogens with two attached hydrogens (primary N) is 1. The van der Waals surface area contributed by atoms with Crippen LogP contribution in [0.2, 0.25) is 0 Å². The van der Waals surface area contributed by atoms with Crippen LogP contribution in [0.4, 0.5) is 11.4 Å². The van der Waals surface area contributed by atoms with Gasteiger partial charge in [0.05, 0.1) is 18.8 Å². The number of hydrogen-bond donors (Lipinski definition) is 2. The molecule has 0 aliphatic rings. The van der Waals surface area contributed by atoms with Crippen molar-refractivity contribution in [2.24, 2.45) is 5.73 Å². The zero-order valence-electron chi connectivity index (χ0n) is 11.9. The lowest BCUT2D eigenvalue weighted by Gasteiger charge is -2.20. The van der Waals surface area contributed by atoms with E-state index in [4.69, 9.17) is 10.5 Å². The van der Waals surface area contributed by atoms with E-state index >= 15 is 0 Å². The van der Waals surface area contributed by atoms with Gasteiger partial charge in [0.1, 0.15) is 5.69 Å². The molecule has 19 heavy (non-hydrogen) atoms. The van der Waals surface area contributed by atoms with Crippen molar-refractivity contribution in [3.63, 3.8) is 0 Å². The van der Waals surface area contributed by atoms with E-state index in [1.165, 1.54) is 7.11 Å². The largest absolute Gasteiger partial charge is 0.479 e. The second-order valence-electron chi connectivity index (χ2n) is 4.49. The Morgan fingerprint density at radius 2 is 2.26 bits per heavy atom. The molecule has 0 bridgehead atoms. The fraction of sp³-hybridized carbons (Fsp3) is 0.538. The van der Waals surface area contributed by atoms with Gasteiger partial charge in [-0.3, -0.25) is 4.79 Å². The number of carbonyl (C=O) groups excluding carboxylic acids is 1. The van der Waals surface area contributed by atoms with Gasteiger partial charge in [0.25, 0.3) is 0 Å². The number of methoxy groups -OCH3 is 1. The maximum Gasteiger partial charge on any atom is 0.241 e. The van der Waals surface area contributed by atoms with Gasteiger partial charge in [0, 0.05) is 20.3 Å². The van der Waals surface area contributed by atoms with E-state index in [9.17, 15) is 4.79 Å². The molecule has 6 heteroatoms. The van der Waals surface area contributed by atoms with Crippen LogP contribution in [0.3, 0.4) is 0 Å². The van der Waals surface area contributed by atoms with E-state index in [0.29, 0.717) is 18.0 Å². The minimum absolute atomic E-state index is 0.226. The summed E-state index contributed by atoms with van der Waals surface area (Å²) in [5.74, 6) is 0.152. The highest BCUT2D eigenvalue weighted by Gasteiger charge is 2.18. The van der Waals surface area contributed by atoms with Crippen LogP contribution in [-0.2, 0) is 4.79 Å². The average molecular weight is 266 g/mol. The summed E-state index contributed by atoms with van der Waals surface area (Å²) >= 11 is 0. The van der Waals surface area contributed by atoms with Gasteiger partial charge in [-0.2, -0.15) is 0 Å². The third-order valence-electron chi connectivity index (χ3n) is 2.75. The Kier molecular flexibility index (Phi) is 5.57. The van der Waals surface area contributed by atoms with Crippen molar-refractivity contribution in [2.45, 2.75) is 25.8 Å². The first-order valence-electron chi connectivity index (χ1n) is 6.28. The van der Waals surface area contributed by atoms with Gasteiger partial charge in [0.15, 0.2) is 0 Å². The van der Waals surface area contributed by atoms with Crippen molar-refractivity contribution in [1.29, 1.82) is 0 Å². The van der Waals surface area contributed by atoms with Gasteiger partial charge < -0.3 is 20.7 Å². The van der Waals surface area contributed by atoms with Crippen molar-refractivity contribution in [1.82, 2.24) is 4.98 Å². The number of amides is 1. The quantitative estimate of drug-likeness (QED) is 0.809. The molecule has 1 rings (SSSR count). The molecule has 6 nitrogen and oxygen atoms in total. The maximum absolute atomic E-state index is 12.0. The fourth-order valence-corrected chi connectivity index (χ4v) is 1.74. The van der Waals surface area contributed by atoms with Crippen molar-refractivity contribution < 1.29 is 9.53 Å². The Bertz CT molecular complexity index is 435. The van der Waals surface area contributed by atoms with Crippen LogP contribution in [0.1, 0.15) is 19.8 Å². The number of aromatic nitrogens is 1. The summed E-state index contributed by atoms with van der Waals surface area (Å²) in [5.41, 5.74) is 7.18. The lowest BCUT2D eigenvalue weighted by Crippen LogP contribution is -2.35. The Morgan fingerprint density at radius 3 is 2.79 bits per heavy atom. The topological polar surface area (TPSA) is 80.5 Å². The lowest BCUT2D eigenvalue weighted by atomic mass is 10.1. The van der Waals surface area contributed by atoms with E-state index in [2.05, 4.69) is 10.3 Å². The molecular formula is C13H22N4O2. The second kappa shape index (κ2) is 6.94. The molecule has 106 valence electrons. The Hall–Kier alpha value is -1.82. The Labute approximate surface area is 113 Å². The van der Waals surface area contributed by atoms with Crippen LogP contribution in [0.25, 0.3) is 0 Å². The number of anilines is 2. The van der Waals surface area contributed by atoms with Gasteiger partial charge in [-0.25, -0.2) is 4.98 Å². The standard InChI is InChI=1S/C13H22N4O2/c1-5-6-9(14)12(18)16-11-10(17(2)3)7-8-15-13(11)19-4/h7-9H,5-6,14H2,1-4H3,(H,16,18). The molecule has 0 spiro atoms. The molecule has 1 heterocycles. The summed E-state index contributed by atoms with van der Waals surface area (Å²) < 4.78 is 5.18. The van der Waals surface area contributed by atoms with Crippen molar-refractivity contribution in [2.75, 3.05) is 31.4 Å². The normalized spacial score (nSPS) is 11.8. The molecule has 0 aromatic carbocycles. The van der Waals surface area contributed by atoms with E-state index in [0.717, 1.165) is 12.1 Å². The third kappa shape index (κ3) is 3.82. The molecule has 1 atom stereocenters. The minimum Gasteiger partial charge on any atom is -0.479 e. The highest BCUT2D eigenvalue weighted by atomic mass is 16.5.